The Morgan fingerprint density at radius 1 is 1.60 bits per heavy atom. The topological polar surface area (TPSA) is 17.0 Å². The summed E-state index contributed by atoms with van der Waals surface area (Å²) in [5.74, 6) is 0. The third-order valence-corrected chi connectivity index (χ3v) is 1.89. The number of fused-ring (bicyclic) bond motifs is 1. The van der Waals surface area contributed by atoms with Gasteiger partial charge >= 0.3 is 0 Å². The molecule has 0 fully saturated rings. The van der Waals surface area contributed by atoms with E-state index in [1.54, 1.807) is 0 Å². The first-order valence-corrected chi connectivity index (χ1v) is 3.42. The molecule has 0 amide bonds. The molecule has 1 N–H and O–H groups in total. The molecule has 1 aliphatic rings. The third-order valence-electron chi connectivity index (χ3n) is 1.89. The van der Waals surface area contributed by atoms with Gasteiger partial charge in [-0.05, 0) is 23.9 Å². The van der Waals surface area contributed by atoms with Gasteiger partial charge in [-0.15, -0.1) is 0 Å². The van der Waals surface area contributed by atoms with E-state index < -0.39 is 0 Å². The van der Waals surface area contributed by atoms with E-state index in [-0.39, 0.29) is 0 Å². The van der Waals surface area contributed by atoms with Crippen LogP contribution in [0.25, 0.3) is 6.08 Å². The van der Waals surface area contributed by atoms with Crippen LogP contribution in [0.15, 0.2) is 18.5 Å². The van der Waals surface area contributed by atoms with Crippen molar-refractivity contribution in [2.45, 2.75) is 6.54 Å². The van der Waals surface area contributed by atoms with Crippen LogP contribution in [0.2, 0.25) is 0 Å². The van der Waals surface area contributed by atoms with Crippen LogP contribution in [0, 0.1) is 0 Å². The van der Waals surface area contributed by atoms with Crippen LogP contribution in [0.3, 0.4) is 0 Å². The summed E-state index contributed by atoms with van der Waals surface area (Å²) in [6.07, 6.45) is 6.17. The number of aromatic nitrogens is 1. The maximum atomic E-state index is 3.17. The quantitative estimate of drug-likeness (QED) is 0.562. The number of aryl methyl sites for hydroxylation is 1. The molecule has 2 nitrogen and oxygen atoms in total. The number of nitrogens with one attached hydrogen (secondary N) is 1. The maximum Gasteiger partial charge on any atom is 0.0553 e. The van der Waals surface area contributed by atoms with Crippen molar-refractivity contribution in [1.82, 2.24) is 9.88 Å². The van der Waals surface area contributed by atoms with Crippen molar-refractivity contribution in [2.24, 2.45) is 7.05 Å². The minimum absolute atomic E-state index is 0.954. The lowest BCUT2D eigenvalue weighted by Gasteiger charge is -2.09. The second kappa shape index (κ2) is 1.90. The second-order valence-electron chi connectivity index (χ2n) is 2.54. The van der Waals surface area contributed by atoms with Gasteiger partial charge in [-0.1, -0.05) is 0 Å². The first-order chi connectivity index (χ1) is 4.88. The fourth-order valence-corrected chi connectivity index (χ4v) is 1.26. The van der Waals surface area contributed by atoms with Crippen molar-refractivity contribution < 1.29 is 0 Å². The average Bonchev–Trinajstić information content (AvgIpc) is 2.34. The summed E-state index contributed by atoms with van der Waals surface area (Å²) in [5.41, 5.74) is 2.70. The molecule has 1 aromatic heterocycles. The Kier molecular flexibility index (Phi) is 1.07. The maximum absolute atomic E-state index is 3.17. The molecule has 0 spiro atoms. The molecule has 2 rings (SSSR count). The lowest BCUT2D eigenvalue weighted by molar-refractivity contribution is 0.752. The minimum atomic E-state index is 0.954. The Morgan fingerprint density at radius 2 is 2.50 bits per heavy atom. The highest BCUT2D eigenvalue weighted by molar-refractivity contribution is 5.54. The van der Waals surface area contributed by atoms with Crippen molar-refractivity contribution in [3.05, 3.63) is 29.7 Å². The van der Waals surface area contributed by atoms with Gasteiger partial charge in [0.05, 0.1) is 6.54 Å². The lowest BCUT2D eigenvalue weighted by Crippen LogP contribution is -2.12. The van der Waals surface area contributed by atoms with Gasteiger partial charge in [0, 0.05) is 18.9 Å². The number of hydrogen-bond acceptors (Lipinski definition) is 1. The molecule has 1 aromatic rings. The van der Waals surface area contributed by atoms with E-state index in [0.717, 1.165) is 6.54 Å². The number of rotatable bonds is 0. The average molecular weight is 134 g/mol. The summed E-state index contributed by atoms with van der Waals surface area (Å²) in [6, 6.07) is 2.13. The summed E-state index contributed by atoms with van der Waals surface area (Å²) in [7, 11) is 2.07. The van der Waals surface area contributed by atoms with Gasteiger partial charge in [0.1, 0.15) is 0 Å². The van der Waals surface area contributed by atoms with Gasteiger partial charge < -0.3 is 9.88 Å². The van der Waals surface area contributed by atoms with Gasteiger partial charge in [-0.25, -0.2) is 0 Å². The van der Waals surface area contributed by atoms with E-state index in [1.807, 2.05) is 6.20 Å². The molecular weight excluding hydrogens is 124 g/mol. The Bertz CT molecular complexity index is 271. The van der Waals surface area contributed by atoms with Gasteiger partial charge in [-0.2, -0.15) is 0 Å². The predicted octanol–water partition coefficient (Wildman–Crippen LogP) is 1.10. The lowest BCUT2D eigenvalue weighted by atomic mass is 10.2. The molecule has 0 saturated heterocycles. The molecule has 0 aromatic carbocycles. The van der Waals surface area contributed by atoms with E-state index >= 15 is 0 Å². The number of nitrogens with zero attached hydrogens (tertiary/aromatic N) is 1. The van der Waals surface area contributed by atoms with Crippen molar-refractivity contribution in [3.8, 4) is 0 Å². The molecule has 0 atom stereocenters. The van der Waals surface area contributed by atoms with Gasteiger partial charge in [0.15, 0.2) is 0 Å². The zero-order chi connectivity index (χ0) is 6.97. The third kappa shape index (κ3) is 0.652. The van der Waals surface area contributed by atoms with Gasteiger partial charge in [-0.3, -0.25) is 0 Å². The van der Waals surface area contributed by atoms with Gasteiger partial charge in [0.2, 0.25) is 0 Å². The Balaban J connectivity index is 2.57. The molecule has 0 saturated carbocycles. The second-order valence-corrected chi connectivity index (χ2v) is 2.54. The monoisotopic (exact) mass is 134 g/mol. The molecular formula is C8H10N2. The summed E-state index contributed by atoms with van der Waals surface area (Å²) in [6.45, 7) is 0.954. The largest absolute Gasteiger partial charge is 0.385 e. The highest BCUT2D eigenvalue weighted by atomic mass is 15.0. The van der Waals surface area contributed by atoms with Crippen molar-refractivity contribution >= 4 is 6.08 Å². The molecule has 10 heavy (non-hydrogen) atoms. The first kappa shape index (κ1) is 5.59. The van der Waals surface area contributed by atoms with Crippen LogP contribution >= 0.6 is 0 Å². The fraction of sp³-hybridized carbons (Fsp3) is 0.250. The highest BCUT2D eigenvalue weighted by Gasteiger charge is 2.05. The minimum Gasteiger partial charge on any atom is -0.385 e. The van der Waals surface area contributed by atoms with Crippen molar-refractivity contribution in [3.63, 3.8) is 0 Å². The van der Waals surface area contributed by atoms with Crippen LogP contribution in [0.4, 0.5) is 0 Å². The van der Waals surface area contributed by atoms with Crippen LogP contribution in [-0.2, 0) is 13.6 Å². The Hall–Kier alpha value is -1.18. The molecule has 0 unspecified atom stereocenters. The highest BCUT2D eigenvalue weighted by Crippen LogP contribution is 2.13. The standard InChI is InChI=1S/C8H10N2/c1-10-5-3-7-2-4-9-6-8(7)10/h2-5,9H,6H2,1H3. The van der Waals surface area contributed by atoms with Gasteiger partial charge in [0.25, 0.3) is 0 Å². The van der Waals surface area contributed by atoms with E-state index in [9.17, 15) is 0 Å². The van der Waals surface area contributed by atoms with Crippen LogP contribution in [0.1, 0.15) is 11.3 Å². The normalized spacial score (nSPS) is 14.5. The summed E-state index contributed by atoms with van der Waals surface area (Å²) in [4.78, 5) is 0. The summed E-state index contributed by atoms with van der Waals surface area (Å²) < 4.78 is 2.14. The SMILES string of the molecule is Cn1ccc2c1CNC=C2. The van der Waals surface area contributed by atoms with Crippen LogP contribution < -0.4 is 5.32 Å². The zero-order valence-corrected chi connectivity index (χ0v) is 5.96. The smallest absolute Gasteiger partial charge is 0.0553 e. The molecule has 1 aliphatic heterocycles. The van der Waals surface area contributed by atoms with Crippen molar-refractivity contribution in [1.29, 1.82) is 0 Å². The predicted molar refractivity (Wildman–Crippen MR) is 41.3 cm³/mol. The molecule has 0 bridgehead atoms. The number of hydrogen-bond donors (Lipinski definition) is 1. The fourth-order valence-electron chi connectivity index (χ4n) is 1.26. The first-order valence-electron chi connectivity index (χ1n) is 3.42. The molecule has 52 valence electrons. The van der Waals surface area contributed by atoms with E-state index in [1.165, 1.54) is 11.3 Å². The zero-order valence-electron chi connectivity index (χ0n) is 5.96. The van der Waals surface area contributed by atoms with Crippen LogP contribution in [-0.4, -0.2) is 4.57 Å². The molecule has 2 heterocycles. The molecule has 2 heteroatoms. The van der Waals surface area contributed by atoms with E-state index in [4.69, 9.17) is 0 Å². The van der Waals surface area contributed by atoms with E-state index in [0.29, 0.717) is 0 Å². The Morgan fingerprint density at radius 3 is 3.30 bits per heavy atom. The van der Waals surface area contributed by atoms with Crippen LogP contribution in [0.5, 0.6) is 0 Å². The summed E-state index contributed by atoms with van der Waals surface area (Å²) in [5, 5.41) is 3.17. The molecule has 0 aliphatic carbocycles. The van der Waals surface area contributed by atoms with E-state index in [2.05, 4.69) is 35.3 Å². The summed E-state index contributed by atoms with van der Waals surface area (Å²) >= 11 is 0. The Labute approximate surface area is 60.2 Å². The van der Waals surface area contributed by atoms with Crippen molar-refractivity contribution in [2.75, 3.05) is 0 Å². The molecule has 0 radical (unpaired) electrons.